The second-order valence-electron chi connectivity index (χ2n) is 7.34. The van der Waals surface area contributed by atoms with Crippen molar-refractivity contribution < 1.29 is 9.47 Å². The first-order valence-corrected chi connectivity index (χ1v) is 11.7. The Hall–Kier alpha value is -3.26. The second-order valence-corrected chi connectivity index (χ2v) is 8.60. The molecule has 0 aliphatic heterocycles. The summed E-state index contributed by atoms with van der Waals surface area (Å²) in [5.41, 5.74) is 3.19. The van der Waals surface area contributed by atoms with E-state index in [1.54, 1.807) is 0 Å². The van der Waals surface area contributed by atoms with Crippen molar-refractivity contribution in [2.75, 3.05) is 6.61 Å². The lowest BCUT2D eigenvalue weighted by Crippen LogP contribution is -2.01. The van der Waals surface area contributed by atoms with Crippen molar-refractivity contribution in [2.45, 2.75) is 13.5 Å². The van der Waals surface area contributed by atoms with Crippen LogP contribution in [0, 0.1) is 11.3 Å². The van der Waals surface area contributed by atoms with Crippen LogP contribution < -0.4 is 9.47 Å². The SMILES string of the molecule is CCOc1cc(/C=C(/C#N)c2cccc3ccccc23)cc(Br)c1OCc1ccccc1Cl. The number of nitrogens with zero attached hydrogens (tertiary/aromatic N) is 1. The van der Waals surface area contributed by atoms with Crippen LogP contribution in [-0.4, -0.2) is 6.61 Å². The quantitative estimate of drug-likeness (QED) is 0.182. The Morgan fingerprint density at radius 1 is 1.00 bits per heavy atom. The number of fused-ring (bicyclic) bond motifs is 1. The third-order valence-electron chi connectivity index (χ3n) is 5.17. The van der Waals surface area contributed by atoms with Crippen LogP contribution in [0.15, 0.2) is 83.3 Å². The number of benzene rings is 4. The zero-order valence-corrected chi connectivity index (χ0v) is 20.4. The summed E-state index contributed by atoms with van der Waals surface area (Å²) in [6.45, 7) is 2.72. The molecule has 0 spiro atoms. The van der Waals surface area contributed by atoms with E-state index in [1.165, 1.54) is 0 Å². The first-order valence-electron chi connectivity index (χ1n) is 10.5. The Labute approximate surface area is 207 Å². The van der Waals surface area contributed by atoms with Gasteiger partial charge in [-0.1, -0.05) is 72.3 Å². The number of hydrogen-bond acceptors (Lipinski definition) is 3. The highest BCUT2D eigenvalue weighted by atomic mass is 79.9. The van der Waals surface area contributed by atoms with E-state index < -0.39 is 0 Å². The normalized spacial score (nSPS) is 11.3. The molecule has 33 heavy (non-hydrogen) atoms. The minimum absolute atomic E-state index is 0.312. The van der Waals surface area contributed by atoms with Gasteiger partial charge in [-0.2, -0.15) is 5.26 Å². The Bertz CT molecular complexity index is 1370. The smallest absolute Gasteiger partial charge is 0.175 e. The molecule has 0 heterocycles. The largest absolute Gasteiger partial charge is 0.490 e. The predicted molar refractivity (Wildman–Crippen MR) is 139 cm³/mol. The van der Waals surface area contributed by atoms with Gasteiger partial charge >= 0.3 is 0 Å². The molecular weight excluding hydrogens is 498 g/mol. The number of rotatable bonds is 7. The minimum Gasteiger partial charge on any atom is -0.490 e. The van der Waals surface area contributed by atoms with Gasteiger partial charge in [0.25, 0.3) is 0 Å². The zero-order chi connectivity index (χ0) is 23.2. The molecule has 0 saturated carbocycles. The molecule has 0 amide bonds. The van der Waals surface area contributed by atoms with Crippen LogP contribution in [0.4, 0.5) is 0 Å². The number of hydrogen-bond donors (Lipinski definition) is 0. The predicted octanol–water partition coefficient (Wildman–Crippen LogP) is 8.30. The molecule has 5 heteroatoms. The van der Waals surface area contributed by atoms with E-state index in [1.807, 2.05) is 91.9 Å². The Kier molecular flexibility index (Phi) is 7.34. The standard InChI is InChI=1S/C28H21BrClNO2/c1-2-32-27-16-19(15-25(29)28(27)33-18-21-9-4-6-13-26(21)30)14-22(17-31)24-12-7-10-20-8-3-5-11-23(20)24/h3-16H,2,18H2,1H3/b22-14-. The van der Waals surface area contributed by atoms with E-state index in [-0.39, 0.29) is 0 Å². The van der Waals surface area contributed by atoms with E-state index in [2.05, 4.69) is 22.0 Å². The monoisotopic (exact) mass is 517 g/mol. The van der Waals surface area contributed by atoms with Gasteiger partial charge in [-0.05, 0) is 63.5 Å². The van der Waals surface area contributed by atoms with E-state index in [0.29, 0.717) is 35.3 Å². The average molecular weight is 519 g/mol. The Balaban J connectivity index is 1.71. The average Bonchev–Trinajstić information content (AvgIpc) is 2.83. The molecule has 164 valence electrons. The molecule has 3 nitrogen and oxygen atoms in total. The molecule has 0 saturated heterocycles. The molecule has 0 aromatic heterocycles. The summed E-state index contributed by atoms with van der Waals surface area (Å²) in [6.07, 6.45) is 1.87. The maximum atomic E-state index is 9.93. The number of nitriles is 1. The topological polar surface area (TPSA) is 42.2 Å². The molecule has 0 atom stereocenters. The fourth-order valence-electron chi connectivity index (χ4n) is 3.64. The van der Waals surface area contributed by atoms with E-state index in [9.17, 15) is 5.26 Å². The lowest BCUT2D eigenvalue weighted by Gasteiger charge is -2.15. The van der Waals surface area contributed by atoms with Gasteiger partial charge in [-0.25, -0.2) is 0 Å². The molecule has 0 unspecified atom stereocenters. The molecule has 4 aromatic carbocycles. The summed E-state index contributed by atoms with van der Waals surface area (Å²) in [5.74, 6) is 1.19. The van der Waals surface area contributed by atoms with Crippen molar-refractivity contribution in [3.05, 3.63) is 105 Å². The van der Waals surface area contributed by atoms with Gasteiger partial charge in [0.15, 0.2) is 11.5 Å². The molecule has 0 aliphatic carbocycles. The lowest BCUT2D eigenvalue weighted by molar-refractivity contribution is 0.267. The molecule has 0 bridgehead atoms. The number of ether oxygens (including phenoxy) is 2. The van der Waals surface area contributed by atoms with Crippen molar-refractivity contribution in [1.82, 2.24) is 0 Å². The highest BCUT2D eigenvalue weighted by Crippen LogP contribution is 2.39. The summed E-state index contributed by atoms with van der Waals surface area (Å²) < 4.78 is 12.7. The minimum atomic E-state index is 0.312. The van der Waals surface area contributed by atoms with Crippen LogP contribution in [0.5, 0.6) is 11.5 Å². The van der Waals surface area contributed by atoms with Crippen LogP contribution in [-0.2, 0) is 6.61 Å². The van der Waals surface area contributed by atoms with Gasteiger partial charge in [0.1, 0.15) is 6.61 Å². The second kappa shape index (κ2) is 10.6. The first-order chi connectivity index (χ1) is 16.1. The fourth-order valence-corrected chi connectivity index (χ4v) is 4.40. The van der Waals surface area contributed by atoms with Crippen LogP contribution in [0.2, 0.25) is 5.02 Å². The van der Waals surface area contributed by atoms with E-state index >= 15 is 0 Å². The van der Waals surface area contributed by atoms with Crippen LogP contribution in [0.3, 0.4) is 0 Å². The lowest BCUT2D eigenvalue weighted by atomic mass is 9.97. The van der Waals surface area contributed by atoms with Crippen molar-refractivity contribution in [3.63, 3.8) is 0 Å². The van der Waals surface area contributed by atoms with E-state index in [0.717, 1.165) is 31.9 Å². The van der Waals surface area contributed by atoms with Gasteiger partial charge < -0.3 is 9.47 Å². The molecule has 4 rings (SSSR count). The van der Waals surface area contributed by atoms with Gasteiger partial charge in [0.05, 0.1) is 22.7 Å². The summed E-state index contributed by atoms with van der Waals surface area (Å²) in [6, 6.07) is 27.8. The third-order valence-corrected chi connectivity index (χ3v) is 6.13. The van der Waals surface area contributed by atoms with Crippen molar-refractivity contribution in [1.29, 1.82) is 5.26 Å². The molecule has 0 fully saturated rings. The Morgan fingerprint density at radius 2 is 1.76 bits per heavy atom. The maximum absolute atomic E-state index is 9.93. The van der Waals surface area contributed by atoms with Crippen molar-refractivity contribution >= 4 is 50.0 Å². The zero-order valence-electron chi connectivity index (χ0n) is 18.0. The van der Waals surface area contributed by atoms with E-state index in [4.69, 9.17) is 21.1 Å². The molecule has 0 N–H and O–H groups in total. The highest BCUT2D eigenvalue weighted by Gasteiger charge is 2.14. The summed E-state index contributed by atoms with van der Waals surface area (Å²) in [4.78, 5) is 0. The van der Waals surface area contributed by atoms with Crippen molar-refractivity contribution in [2.24, 2.45) is 0 Å². The number of halogens is 2. The summed E-state index contributed by atoms with van der Waals surface area (Å²) in [5, 5.41) is 12.7. The van der Waals surface area contributed by atoms with Gasteiger partial charge in [0, 0.05) is 16.1 Å². The molecule has 0 aliphatic rings. The Morgan fingerprint density at radius 3 is 2.55 bits per heavy atom. The highest BCUT2D eigenvalue weighted by molar-refractivity contribution is 9.10. The summed E-state index contributed by atoms with van der Waals surface area (Å²) in [7, 11) is 0. The van der Waals surface area contributed by atoms with Crippen molar-refractivity contribution in [3.8, 4) is 17.6 Å². The molecular formula is C28H21BrClNO2. The van der Waals surface area contributed by atoms with Gasteiger partial charge in [-0.15, -0.1) is 0 Å². The summed E-state index contributed by atoms with van der Waals surface area (Å²) >= 11 is 9.89. The molecule has 4 aromatic rings. The van der Waals surface area contributed by atoms with Crippen LogP contribution in [0.25, 0.3) is 22.4 Å². The first kappa shape index (κ1) is 22.9. The fraction of sp³-hybridized carbons (Fsp3) is 0.107. The maximum Gasteiger partial charge on any atom is 0.175 e. The van der Waals surface area contributed by atoms with Gasteiger partial charge in [-0.3, -0.25) is 0 Å². The third kappa shape index (κ3) is 5.22. The van der Waals surface area contributed by atoms with Crippen LogP contribution >= 0.6 is 27.5 Å². The molecule has 0 radical (unpaired) electrons. The van der Waals surface area contributed by atoms with Crippen LogP contribution in [0.1, 0.15) is 23.6 Å². The van der Waals surface area contributed by atoms with Gasteiger partial charge in [0.2, 0.25) is 0 Å². The number of allylic oxidation sites excluding steroid dienone is 1.